The number of halogens is 2. The molecule has 0 spiro atoms. The van der Waals surface area contributed by atoms with Crippen molar-refractivity contribution < 1.29 is 27.1 Å². The maximum Gasteiger partial charge on any atom is 0.211 e. The Morgan fingerprint density at radius 1 is 1.14 bits per heavy atom. The number of aromatic nitrogens is 3. The van der Waals surface area contributed by atoms with Crippen molar-refractivity contribution in [2.24, 2.45) is 5.16 Å². The van der Waals surface area contributed by atoms with E-state index >= 15 is 8.78 Å². The number of pyridine rings is 1. The topological polar surface area (TPSA) is 122 Å². The minimum atomic E-state index is -3.29. The summed E-state index contributed by atoms with van der Waals surface area (Å²) in [4.78, 5) is 4.82. The van der Waals surface area contributed by atoms with Crippen molar-refractivity contribution in [1.82, 2.24) is 19.1 Å². The molecule has 2 N–H and O–H groups in total. The van der Waals surface area contributed by atoms with Crippen LogP contribution in [0.5, 0.6) is 0 Å². The molecule has 1 aliphatic heterocycles. The van der Waals surface area contributed by atoms with E-state index in [0.717, 1.165) is 6.04 Å². The summed E-state index contributed by atoms with van der Waals surface area (Å²) in [5.74, 6) is -1.11. The monoisotopic (exact) mass is 630 g/mol. The van der Waals surface area contributed by atoms with Gasteiger partial charge in [0.05, 0.1) is 29.2 Å². The van der Waals surface area contributed by atoms with Gasteiger partial charge in [0.2, 0.25) is 10.0 Å². The molecule has 0 atom stereocenters. The normalized spacial score (nSPS) is 15.7. The molecule has 2 aromatic heterocycles. The van der Waals surface area contributed by atoms with Gasteiger partial charge in [-0.05, 0) is 42.6 Å². The number of nitrogens with one attached hydrogen (secondary N) is 1. The number of rotatable bonds is 10. The summed E-state index contributed by atoms with van der Waals surface area (Å²) in [6.45, 7) is 8.24. The molecular weight excluding hydrogens is 595 g/mol. The molecular formula is C29H36F2N6O4SSi. The summed E-state index contributed by atoms with van der Waals surface area (Å²) in [5.41, 5.74) is 1.35. The standard InChI is InChI=1S/C29H36F2N6O4SSi/c1-42(39,40)36-12-10-20(11-13-36)33-29-27-28(37(35-29)18-41-14-15-43(2,3)4)21-9-8-19(17-32-38)16-22(21)26(34-27)25-23(30)6-5-7-24(25)31/h5-9,16-17,20,38H,10-15,18H2,1-4H3,(H,33,35)/b32-17+. The maximum absolute atomic E-state index is 15.2. The Bertz CT molecular complexity index is 1760. The Hall–Kier alpha value is -3.46. The van der Waals surface area contributed by atoms with Crippen molar-refractivity contribution >= 4 is 51.9 Å². The smallest absolute Gasteiger partial charge is 0.211 e. The molecule has 0 saturated carbocycles. The van der Waals surface area contributed by atoms with Crippen LogP contribution in [-0.2, 0) is 21.5 Å². The van der Waals surface area contributed by atoms with E-state index in [1.807, 2.05) is 0 Å². The predicted molar refractivity (Wildman–Crippen MR) is 167 cm³/mol. The van der Waals surface area contributed by atoms with Crippen LogP contribution in [0.15, 0.2) is 41.6 Å². The number of piperidine rings is 1. The zero-order valence-electron chi connectivity index (χ0n) is 24.6. The fraction of sp³-hybridized carbons (Fsp3) is 0.414. The summed E-state index contributed by atoms with van der Waals surface area (Å²) >= 11 is 0. The molecule has 4 aromatic rings. The van der Waals surface area contributed by atoms with Crippen LogP contribution in [0.4, 0.5) is 14.6 Å². The number of hydrogen-bond donors (Lipinski definition) is 2. The van der Waals surface area contributed by atoms with Gasteiger partial charge < -0.3 is 15.3 Å². The van der Waals surface area contributed by atoms with Gasteiger partial charge in [-0.2, -0.15) is 5.10 Å². The number of nitrogens with zero attached hydrogens (tertiary/aromatic N) is 5. The van der Waals surface area contributed by atoms with Crippen molar-refractivity contribution in [2.45, 2.75) is 51.3 Å². The first-order valence-corrected chi connectivity index (χ1v) is 19.7. The largest absolute Gasteiger partial charge is 0.411 e. The number of benzene rings is 2. The summed E-state index contributed by atoms with van der Waals surface area (Å²) in [7, 11) is -4.63. The van der Waals surface area contributed by atoms with Gasteiger partial charge in [-0.15, -0.1) is 0 Å². The van der Waals surface area contributed by atoms with Gasteiger partial charge in [-0.25, -0.2) is 31.2 Å². The molecule has 5 rings (SSSR count). The second kappa shape index (κ2) is 12.3. The van der Waals surface area contributed by atoms with Gasteiger partial charge in [-0.1, -0.05) is 43.0 Å². The molecule has 0 unspecified atom stereocenters. The molecule has 0 bridgehead atoms. The van der Waals surface area contributed by atoms with Crippen molar-refractivity contribution in [1.29, 1.82) is 0 Å². The summed E-state index contributed by atoms with van der Waals surface area (Å²) in [6.07, 6.45) is 3.55. The molecule has 230 valence electrons. The highest BCUT2D eigenvalue weighted by atomic mass is 32.2. The summed E-state index contributed by atoms with van der Waals surface area (Å²) < 4.78 is 63.6. The average Bonchev–Trinajstić information content (AvgIpc) is 3.27. The first-order chi connectivity index (χ1) is 20.4. The van der Waals surface area contributed by atoms with E-state index in [4.69, 9.17) is 20.0 Å². The molecule has 0 radical (unpaired) electrons. The SMILES string of the molecule is C[Si](C)(C)CCOCn1nc(NC2CCN(S(C)(=O)=O)CC2)c2nc(-c3c(F)cccc3F)c3cc(/C=N/O)ccc3c21. The van der Waals surface area contributed by atoms with Gasteiger partial charge in [0, 0.05) is 44.6 Å². The quantitative estimate of drug-likeness (QED) is 0.0782. The molecule has 2 aromatic carbocycles. The highest BCUT2D eigenvalue weighted by Crippen LogP contribution is 2.38. The third kappa shape index (κ3) is 6.87. The molecule has 1 saturated heterocycles. The third-order valence-electron chi connectivity index (χ3n) is 7.59. The number of fused-ring (bicyclic) bond motifs is 3. The molecule has 1 aliphatic rings. The molecule has 43 heavy (non-hydrogen) atoms. The molecule has 1 fully saturated rings. The summed E-state index contributed by atoms with van der Waals surface area (Å²) in [5, 5.41) is 21.6. The van der Waals surface area contributed by atoms with Crippen LogP contribution in [0, 0.1) is 11.6 Å². The van der Waals surface area contributed by atoms with Gasteiger partial charge in [0.25, 0.3) is 0 Å². The lowest BCUT2D eigenvalue weighted by molar-refractivity contribution is 0.0820. The molecule has 10 nitrogen and oxygen atoms in total. The lowest BCUT2D eigenvalue weighted by atomic mass is 9.99. The zero-order valence-corrected chi connectivity index (χ0v) is 26.5. The minimum Gasteiger partial charge on any atom is -0.411 e. The van der Waals surface area contributed by atoms with Crippen LogP contribution in [0.25, 0.3) is 33.1 Å². The van der Waals surface area contributed by atoms with E-state index < -0.39 is 29.7 Å². The van der Waals surface area contributed by atoms with E-state index in [9.17, 15) is 8.42 Å². The number of sulfonamides is 1. The number of anilines is 1. The fourth-order valence-electron chi connectivity index (χ4n) is 5.27. The van der Waals surface area contributed by atoms with Gasteiger partial charge >= 0.3 is 0 Å². The van der Waals surface area contributed by atoms with Crippen molar-refractivity contribution in [3.8, 4) is 11.3 Å². The van der Waals surface area contributed by atoms with Crippen molar-refractivity contribution in [3.05, 3.63) is 53.6 Å². The average molecular weight is 631 g/mol. The Morgan fingerprint density at radius 3 is 2.47 bits per heavy atom. The van der Waals surface area contributed by atoms with E-state index in [1.54, 1.807) is 22.9 Å². The minimum absolute atomic E-state index is 0.0837. The Morgan fingerprint density at radius 2 is 1.84 bits per heavy atom. The third-order valence-corrected chi connectivity index (χ3v) is 10.6. The van der Waals surface area contributed by atoms with Crippen LogP contribution in [0.2, 0.25) is 25.7 Å². The van der Waals surface area contributed by atoms with E-state index in [1.165, 1.54) is 35.0 Å². The second-order valence-electron chi connectivity index (χ2n) is 12.1. The summed E-state index contributed by atoms with van der Waals surface area (Å²) in [6, 6.07) is 9.72. The van der Waals surface area contributed by atoms with Crippen LogP contribution >= 0.6 is 0 Å². The lowest BCUT2D eigenvalue weighted by Gasteiger charge is -2.30. The molecule has 0 amide bonds. The van der Waals surface area contributed by atoms with Crippen LogP contribution in [-0.4, -0.2) is 79.0 Å². The van der Waals surface area contributed by atoms with Crippen LogP contribution in [0.3, 0.4) is 0 Å². The molecule has 3 heterocycles. The van der Waals surface area contributed by atoms with Crippen LogP contribution < -0.4 is 5.32 Å². The first-order valence-electron chi connectivity index (χ1n) is 14.1. The van der Waals surface area contributed by atoms with Crippen molar-refractivity contribution in [3.63, 3.8) is 0 Å². The predicted octanol–water partition coefficient (Wildman–Crippen LogP) is 5.49. The number of oxime groups is 1. The fourth-order valence-corrected chi connectivity index (χ4v) is 6.90. The van der Waals surface area contributed by atoms with Gasteiger partial charge in [0.15, 0.2) is 5.82 Å². The van der Waals surface area contributed by atoms with Crippen molar-refractivity contribution in [2.75, 3.05) is 31.3 Å². The number of ether oxygens (including phenoxy) is 1. The second-order valence-corrected chi connectivity index (χ2v) is 19.7. The Labute approximate surface area is 250 Å². The van der Waals surface area contributed by atoms with Crippen LogP contribution in [0.1, 0.15) is 18.4 Å². The van der Waals surface area contributed by atoms with E-state index in [2.05, 4.69) is 30.1 Å². The van der Waals surface area contributed by atoms with Gasteiger partial charge in [0.1, 0.15) is 23.9 Å². The van der Waals surface area contributed by atoms with E-state index in [0.29, 0.717) is 65.7 Å². The molecule has 0 aliphatic carbocycles. The van der Waals surface area contributed by atoms with Gasteiger partial charge in [-0.3, -0.25) is 0 Å². The first kappa shape index (κ1) is 31.0. The maximum atomic E-state index is 15.2. The molecule has 14 heteroatoms. The number of hydrogen-bond acceptors (Lipinski definition) is 8. The lowest BCUT2D eigenvalue weighted by Crippen LogP contribution is -2.41. The zero-order chi connectivity index (χ0) is 30.9. The highest BCUT2D eigenvalue weighted by Gasteiger charge is 2.28. The Balaban J connectivity index is 1.65. The highest BCUT2D eigenvalue weighted by molar-refractivity contribution is 7.88. The Kier molecular flexibility index (Phi) is 8.84. The van der Waals surface area contributed by atoms with E-state index in [-0.39, 0.29) is 24.0 Å².